The van der Waals surface area contributed by atoms with Crippen LogP contribution in [0.4, 0.5) is 0 Å². The zero-order valence-corrected chi connectivity index (χ0v) is 22.7. The first kappa shape index (κ1) is 26.5. The lowest BCUT2D eigenvalue weighted by molar-refractivity contribution is -0.137. The van der Waals surface area contributed by atoms with Gasteiger partial charge >= 0.3 is 0 Å². The smallest absolute Gasteiger partial charge is 0.290 e. The van der Waals surface area contributed by atoms with Crippen LogP contribution in [0.2, 0.25) is 0 Å². The van der Waals surface area contributed by atoms with Crippen molar-refractivity contribution in [3.8, 4) is 11.5 Å². The van der Waals surface area contributed by atoms with Gasteiger partial charge in [-0.05, 0) is 75.9 Å². The molecule has 0 saturated heterocycles. The fraction of sp³-hybridized carbons (Fsp3) is 0.655. The molecule has 1 amide bonds. The molecule has 1 aromatic rings. The Labute approximate surface area is 215 Å². The van der Waals surface area contributed by atoms with Gasteiger partial charge < -0.3 is 24.0 Å². The lowest BCUT2D eigenvalue weighted by Gasteiger charge is -2.40. The third kappa shape index (κ3) is 5.13. The van der Waals surface area contributed by atoms with Crippen LogP contribution in [0, 0.1) is 17.8 Å². The average Bonchev–Trinajstić information content (AvgIpc) is 3.12. The summed E-state index contributed by atoms with van der Waals surface area (Å²) in [6.45, 7) is 8.56. The molecule has 7 heteroatoms. The molecule has 198 valence electrons. The summed E-state index contributed by atoms with van der Waals surface area (Å²) in [4.78, 5) is 31.6. The Kier molecular flexibility index (Phi) is 8.28. The van der Waals surface area contributed by atoms with Crippen molar-refractivity contribution in [3.05, 3.63) is 35.1 Å². The van der Waals surface area contributed by atoms with Crippen LogP contribution in [-0.2, 0) is 14.3 Å². The molecule has 1 saturated carbocycles. The summed E-state index contributed by atoms with van der Waals surface area (Å²) in [7, 11) is 5.66. The van der Waals surface area contributed by atoms with Crippen molar-refractivity contribution in [1.82, 2.24) is 9.80 Å². The third-order valence-corrected chi connectivity index (χ3v) is 8.07. The highest BCUT2D eigenvalue weighted by Crippen LogP contribution is 2.49. The summed E-state index contributed by atoms with van der Waals surface area (Å²) in [5.74, 6) is 2.19. The van der Waals surface area contributed by atoms with Crippen LogP contribution in [0.5, 0.6) is 11.5 Å². The monoisotopic (exact) mass is 498 g/mol. The highest BCUT2D eigenvalue weighted by atomic mass is 16.5. The Morgan fingerprint density at radius 3 is 2.53 bits per heavy atom. The molecular formula is C29H42N2O5. The Hall–Kier alpha value is -2.54. The van der Waals surface area contributed by atoms with Crippen LogP contribution < -0.4 is 9.47 Å². The topological polar surface area (TPSA) is 68.3 Å². The van der Waals surface area contributed by atoms with Gasteiger partial charge in [0.05, 0.1) is 31.2 Å². The summed E-state index contributed by atoms with van der Waals surface area (Å²) in [5, 5.41) is 0. The van der Waals surface area contributed by atoms with Crippen molar-refractivity contribution < 1.29 is 23.8 Å². The number of hydrogen-bond donors (Lipinski definition) is 0. The number of rotatable bonds is 10. The van der Waals surface area contributed by atoms with Gasteiger partial charge in [0.25, 0.3) is 5.91 Å². The Morgan fingerprint density at radius 2 is 1.83 bits per heavy atom. The zero-order chi connectivity index (χ0) is 26.0. The van der Waals surface area contributed by atoms with E-state index in [1.54, 1.807) is 7.11 Å². The molecule has 0 bridgehead atoms. The first-order valence-electron chi connectivity index (χ1n) is 13.5. The number of ketones is 1. The third-order valence-electron chi connectivity index (χ3n) is 8.07. The number of unbranched alkanes of at least 4 members (excludes halogenated alkanes) is 1. The normalized spacial score (nSPS) is 27.8. The first-order valence-corrected chi connectivity index (χ1v) is 13.5. The molecule has 2 heterocycles. The molecule has 1 aromatic carbocycles. The largest absolute Gasteiger partial charge is 0.493 e. The second-order valence-corrected chi connectivity index (χ2v) is 11.0. The van der Waals surface area contributed by atoms with Gasteiger partial charge in [0.1, 0.15) is 6.10 Å². The molecule has 0 spiro atoms. The van der Waals surface area contributed by atoms with Gasteiger partial charge in [0.2, 0.25) is 0 Å². The molecule has 5 unspecified atom stereocenters. The van der Waals surface area contributed by atoms with E-state index in [4.69, 9.17) is 14.2 Å². The molecule has 3 aliphatic rings. The molecule has 0 aromatic heterocycles. The zero-order valence-electron chi connectivity index (χ0n) is 22.7. The number of Topliss-reactive ketones (excluding diaryl/α,β-unsaturated/α-hetero) is 1. The van der Waals surface area contributed by atoms with Crippen molar-refractivity contribution in [2.24, 2.45) is 17.8 Å². The second-order valence-electron chi connectivity index (χ2n) is 11.0. The Morgan fingerprint density at radius 1 is 1.08 bits per heavy atom. The van der Waals surface area contributed by atoms with Crippen LogP contribution in [0.1, 0.15) is 64.5 Å². The van der Waals surface area contributed by atoms with Gasteiger partial charge in [-0.1, -0.05) is 33.3 Å². The van der Waals surface area contributed by atoms with Gasteiger partial charge in [-0.15, -0.1) is 0 Å². The number of fused-ring (bicyclic) bond motifs is 1. The van der Waals surface area contributed by atoms with Crippen molar-refractivity contribution in [3.63, 3.8) is 0 Å². The van der Waals surface area contributed by atoms with Gasteiger partial charge in [-0.3, -0.25) is 9.59 Å². The maximum atomic E-state index is 14.0. The van der Waals surface area contributed by atoms with E-state index in [0.717, 1.165) is 44.2 Å². The van der Waals surface area contributed by atoms with Gasteiger partial charge in [0.15, 0.2) is 23.0 Å². The van der Waals surface area contributed by atoms with Gasteiger partial charge in [-0.25, -0.2) is 0 Å². The molecule has 2 aliphatic heterocycles. The van der Waals surface area contributed by atoms with Crippen molar-refractivity contribution in [2.75, 3.05) is 40.9 Å². The number of benzene rings is 1. The summed E-state index contributed by atoms with van der Waals surface area (Å²) in [6.07, 6.45) is 4.22. The van der Waals surface area contributed by atoms with Gasteiger partial charge in [0, 0.05) is 6.54 Å². The molecule has 7 nitrogen and oxygen atoms in total. The molecular weight excluding hydrogens is 456 g/mol. The van der Waals surface area contributed by atoms with E-state index >= 15 is 0 Å². The van der Waals surface area contributed by atoms with E-state index in [9.17, 15) is 9.59 Å². The van der Waals surface area contributed by atoms with Crippen LogP contribution in [0.25, 0.3) is 0 Å². The van der Waals surface area contributed by atoms with Crippen molar-refractivity contribution >= 4 is 11.7 Å². The summed E-state index contributed by atoms with van der Waals surface area (Å²) < 4.78 is 18.0. The van der Waals surface area contributed by atoms with E-state index in [1.807, 2.05) is 37.2 Å². The SMILES string of the molecule is CCCCOc1ccc(C2C3=C(OC4CC(C)C(C)CC4C3=O)C(=O)N2CCCN(C)C)cc1OC. The van der Waals surface area contributed by atoms with Crippen LogP contribution >= 0.6 is 0 Å². The number of methoxy groups -OCH3 is 1. The number of carbonyl (C=O) groups excluding carboxylic acids is 2. The van der Waals surface area contributed by atoms with Gasteiger partial charge in [-0.2, -0.15) is 0 Å². The maximum Gasteiger partial charge on any atom is 0.290 e. The van der Waals surface area contributed by atoms with Crippen molar-refractivity contribution in [1.29, 1.82) is 0 Å². The molecule has 36 heavy (non-hydrogen) atoms. The van der Waals surface area contributed by atoms with Crippen LogP contribution in [-0.4, -0.2) is 68.5 Å². The fourth-order valence-electron chi connectivity index (χ4n) is 5.74. The minimum absolute atomic E-state index is 0.0794. The number of amides is 1. The number of nitrogens with zero attached hydrogens (tertiary/aromatic N) is 2. The lowest BCUT2D eigenvalue weighted by atomic mass is 9.70. The van der Waals surface area contributed by atoms with Crippen LogP contribution in [0.3, 0.4) is 0 Å². The quantitative estimate of drug-likeness (QED) is 0.439. The highest BCUT2D eigenvalue weighted by Gasteiger charge is 2.53. The number of hydrogen-bond acceptors (Lipinski definition) is 6. The minimum atomic E-state index is -0.476. The molecule has 0 radical (unpaired) electrons. The van der Waals surface area contributed by atoms with Crippen LogP contribution in [0.15, 0.2) is 29.5 Å². The van der Waals surface area contributed by atoms with E-state index in [0.29, 0.717) is 42.1 Å². The fourth-order valence-corrected chi connectivity index (χ4v) is 5.74. The maximum absolute atomic E-state index is 14.0. The average molecular weight is 499 g/mol. The molecule has 4 rings (SSSR count). The summed E-state index contributed by atoms with van der Waals surface area (Å²) >= 11 is 0. The molecule has 1 fully saturated rings. The molecule has 1 aliphatic carbocycles. The van der Waals surface area contributed by atoms with Crippen molar-refractivity contribution in [2.45, 2.75) is 65.0 Å². The predicted octanol–water partition coefficient (Wildman–Crippen LogP) is 4.61. The minimum Gasteiger partial charge on any atom is -0.493 e. The van der Waals surface area contributed by atoms with E-state index in [1.165, 1.54) is 0 Å². The predicted molar refractivity (Wildman–Crippen MR) is 139 cm³/mol. The van der Waals surface area contributed by atoms with E-state index < -0.39 is 6.04 Å². The lowest BCUT2D eigenvalue weighted by Crippen LogP contribution is -2.43. The summed E-state index contributed by atoms with van der Waals surface area (Å²) in [6, 6.07) is 5.30. The Bertz CT molecular complexity index is 1000. The van der Waals surface area contributed by atoms with E-state index in [2.05, 4.69) is 25.7 Å². The molecule has 5 atom stereocenters. The standard InChI is InChI=1S/C29H42N2O5/c1-7-8-14-35-22-11-10-20(17-24(22)34-6)26-25-27(32)21-15-18(2)19(3)16-23(21)36-28(25)29(33)31(26)13-9-12-30(4)5/h10-11,17-19,21,23,26H,7-9,12-16H2,1-6H3. The first-order chi connectivity index (χ1) is 17.3. The summed E-state index contributed by atoms with van der Waals surface area (Å²) in [5.41, 5.74) is 1.38. The number of carbonyl (C=O) groups is 2. The van der Waals surface area contributed by atoms with E-state index in [-0.39, 0.29) is 29.5 Å². The highest BCUT2D eigenvalue weighted by molar-refractivity contribution is 6.11. The Balaban J connectivity index is 1.70. The number of ether oxygens (including phenoxy) is 3. The molecule has 0 N–H and O–H groups in total. The second kappa shape index (κ2) is 11.2.